The zero-order chi connectivity index (χ0) is 13.4. The Bertz CT molecular complexity index is 582. The fraction of sp³-hybridized carbons (Fsp3) is 0.538. The van der Waals surface area contributed by atoms with E-state index in [1.807, 2.05) is 29.5 Å². The molecule has 6 heteroatoms. The molecule has 0 bridgehead atoms. The summed E-state index contributed by atoms with van der Waals surface area (Å²) in [5.74, 6) is 0. The molecule has 1 N–H and O–H groups in total. The summed E-state index contributed by atoms with van der Waals surface area (Å²) < 4.78 is 4.94. The quantitative estimate of drug-likeness (QED) is 0.915. The highest BCUT2D eigenvalue weighted by molar-refractivity contribution is 9.10. The van der Waals surface area contributed by atoms with Crippen LogP contribution in [0.25, 0.3) is 0 Å². The molecule has 5 nitrogen and oxygen atoms in total. The van der Waals surface area contributed by atoms with Gasteiger partial charge in [-0.25, -0.2) is 0 Å². The minimum Gasteiger partial charge on any atom is -0.308 e. The molecular formula is C13H18BrN5. The van der Waals surface area contributed by atoms with Crippen LogP contribution in [0.3, 0.4) is 0 Å². The van der Waals surface area contributed by atoms with Crippen LogP contribution in [0.1, 0.15) is 29.9 Å². The molecule has 19 heavy (non-hydrogen) atoms. The van der Waals surface area contributed by atoms with E-state index in [1.54, 1.807) is 0 Å². The van der Waals surface area contributed by atoms with Crippen LogP contribution in [0.4, 0.5) is 0 Å². The van der Waals surface area contributed by atoms with E-state index in [9.17, 15) is 0 Å². The van der Waals surface area contributed by atoms with Crippen molar-refractivity contribution in [1.29, 1.82) is 0 Å². The Kier molecular flexibility index (Phi) is 3.45. The molecule has 0 aromatic carbocycles. The molecule has 1 saturated carbocycles. The van der Waals surface area contributed by atoms with Gasteiger partial charge >= 0.3 is 0 Å². The number of halogens is 1. The van der Waals surface area contributed by atoms with Gasteiger partial charge in [0.1, 0.15) is 0 Å². The minimum atomic E-state index is 0.721. The lowest BCUT2D eigenvalue weighted by molar-refractivity contribution is 0.597. The first-order valence-corrected chi connectivity index (χ1v) is 7.36. The fourth-order valence-corrected chi connectivity index (χ4v) is 2.59. The van der Waals surface area contributed by atoms with E-state index in [0.29, 0.717) is 0 Å². The van der Waals surface area contributed by atoms with Crippen molar-refractivity contribution in [3.63, 3.8) is 0 Å². The molecule has 1 fully saturated rings. The zero-order valence-electron chi connectivity index (χ0n) is 11.2. The smallest absolute Gasteiger partial charge is 0.0839 e. The van der Waals surface area contributed by atoms with Gasteiger partial charge in [0.25, 0.3) is 0 Å². The van der Waals surface area contributed by atoms with Gasteiger partial charge in [-0.3, -0.25) is 9.36 Å². The molecule has 2 aromatic heterocycles. The van der Waals surface area contributed by atoms with Crippen molar-refractivity contribution in [2.24, 2.45) is 7.05 Å². The van der Waals surface area contributed by atoms with Gasteiger partial charge in [0, 0.05) is 25.8 Å². The average Bonchev–Trinajstić information content (AvgIpc) is 3.06. The largest absolute Gasteiger partial charge is 0.308 e. The third kappa shape index (κ3) is 2.90. The second-order valence-electron chi connectivity index (χ2n) is 5.13. The number of aromatic nitrogens is 4. The van der Waals surface area contributed by atoms with Crippen LogP contribution in [0, 0.1) is 6.92 Å². The molecule has 0 spiro atoms. The topological polar surface area (TPSA) is 47.7 Å². The number of hydrogen-bond donors (Lipinski definition) is 1. The first kappa shape index (κ1) is 12.9. The Morgan fingerprint density at radius 3 is 2.84 bits per heavy atom. The Hall–Kier alpha value is -1.14. The molecule has 0 saturated heterocycles. The zero-order valence-corrected chi connectivity index (χ0v) is 12.8. The van der Waals surface area contributed by atoms with E-state index < -0.39 is 0 Å². The van der Waals surface area contributed by atoms with Crippen molar-refractivity contribution < 1.29 is 0 Å². The van der Waals surface area contributed by atoms with Crippen LogP contribution in [-0.4, -0.2) is 25.6 Å². The maximum atomic E-state index is 4.59. The van der Waals surface area contributed by atoms with Crippen molar-refractivity contribution in [2.75, 3.05) is 0 Å². The molecule has 0 amide bonds. The standard InChI is InChI=1S/C13H18BrN5/c1-9-13(14)12(18(2)16-9)8-19-6-5-11(17-19)7-15-10-3-4-10/h5-6,10,15H,3-4,7-8H2,1-2H3. The molecule has 3 rings (SSSR count). The van der Waals surface area contributed by atoms with Crippen molar-refractivity contribution in [3.8, 4) is 0 Å². The van der Waals surface area contributed by atoms with Crippen LogP contribution < -0.4 is 5.32 Å². The summed E-state index contributed by atoms with van der Waals surface area (Å²) in [6.07, 6.45) is 4.64. The van der Waals surface area contributed by atoms with E-state index in [2.05, 4.69) is 37.5 Å². The number of aryl methyl sites for hydroxylation is 2. The third-order valence-electron chi connectivity index (χ3n) is 3.42. The summed E-state index contributed by atoms with van der Waals surface area (Å²) in [7, 11) is 1.96. The van der Waals surface area contributed by atoms with Gasteiger partial charge in [0.2, 0.25) is 0 Å². The van der Waals surface area contributed by atoms with Gasteiger partial charge in [0.15, 0.2) is 0 Å². The maximum Gasteiger partial charge on any atom is 0.0839 e. The normalized spacial score (nSPS) is 15.1. The second-order valence-corrected chi connectivity index (χ2v) is 5.92. The molecule has 2 heterocycles. The van der Waals surface area contributed by atoms with Crippen molar-refractivity contribution in [2.45, 2.75) is 38.9 Å². The van der Waals surface area contributed by atoms with E-state index in [0.717, 1.165) is 40.7 Å². The highest BCUT2D eigenvalue weighted by Crippen LogP contribution is 2.21. The molecule has 1 aliphatic carbocycles. The summed E-state index contributed by atoms with van der Waals surface area (Å²) in [6.45, 7) is 3.60. The predicted molar refractivity (Wildman–Crippen MR) is 76.8 cm³/mol. The summed E-state index contributed by atoms with van der Waals surface area (Å²) >= 11 is 3.59. The highest BCUT2D eigenvalue weighted by Gasteiger charge is 2.20. The van der Waals surface area contributed by atoms with Gasteiger partial charge in [-0.1, -0.05) is 0 Å². The molecule has 1 aliphatic rings. The van der Waals surface area contributed by atoms with E-state index in [1.165, 1.54) is 12.8 Å². The maximum absolute atomic E-state index is 4.59. The van der Waals surface area contributed by atoms with Crippen molar-refractivity contribution >= 4 is 15.9 Å². The predicted octanol–water partition coefficient (Wildman–Crippen LogP) is 1.99. The number of nitrogens with one attached hydrogen (secondary N) is 1. The van der Waals surface area contributed by atoms with Gasteiger partial charge in [-0.2, -0.15) is 10.2 Å². The number of nitrogens with zero attached hydrogens (tertiary/aromatic N) is 4. The second kappa shape index (κ2) is 5.09. The number of hydrogen-bond acceptors (Lipinski definition) is 3. The summed E-state index contributed by atoms with van der Waals surface area (Å²) in [6, 6.07) is 2.80. The van der Waals surface area contributed by atoms with Gasteiger partial charge < -0.3 is 5.32 Å². The Labute approximate surface area is 121 Å². The van der Waals surface area contributed by atoms with Crippen molar-refractivity contribution in [3.05, 3.63) is 33.8 Å². The van der Waals surface area contributed by atoms with Gasteiger partial charge in [-0.05, 0) is 41.8 Å². The SMILES string of the molecule is Cc1nn(C)c(Cn2ccc(CNC3CC3)n2)c1Br. The molecular weight excluding hydrogens is 306 g/mol. The first-order chi connectivity index (χ1) is 9.13. The monoisotopic (exact) mass is 323 g/mol. The average molecular weight is 324 g/mol. The molecule has 0 aliphatic heterocycles. The van der Waals surface area contributed by atoms with E-state index >= 15 is 0 Å². The van der Waals surface area contributed by atoms with Crippen LogP contribution in [0.2, 0.25) is 0 Å². The summed E-state index contributed by atoms with van der Waals surface area (Å²) in [5, 5.41) is 12.5. The highest BCUT2D eigenvalue weighted by atomic mass is 79.9. The molecule has 2 aromatic rings. The van der Waals surface area contributed by atoms with Crippen LogP contribution in [0.5, 0.6) is 0 Å². The lowest BCUT2D eigenvalue weighted by Crippen LogP contribution is -2.16. The first-order valence-electron chi connectivity index (χ1n) is 6.57. The third-order valence-corrected chi connectivity index (χ3v) is 4.45. The van der Waals surface area contributed by atoms with Crippen LogP contribution in [-0.2, 0) is 20.1 Å². The van der Waals surface area contributed by atoms with Gasteiger partial charge in [0.05, 0.1) is 28.1 Å². The summed E-state index contributed by atoms with van der Waals surface area (Å²) in [5.41, 5.74) is 3.25. The fourth-order valence-electron chi connectivity index (χ4n) is 2.13. The molecule has 0 atom stereocenters. The molecule has 0 unspecified atom stereocenters. The van der Waals surface area contributed by atoms with E-state index in [4.69, 9.17) is 0 Å². The number of rotatable bonds is 5. The lowest BCUT2D eigenvalue weighted by Gasteiger charge is -2.03. The lowest BCUT2D eigenvalue weighted by atomic mass is 10.3. The molecule has 0 radical (unpaired) electrons. The van der Waals surface area contributed by atoms with Crippen molar-refractivity contribution in [1.82, 2.24) is 24.9 Å². The van der Waals surface area contributed by atoms with Crippen LogP contribution >= 0.6 is 15.9 Å². The summed E-state index contributed by atoms with van der Waals surface area (Å²) in [4.78, 5) is 0. The molecule has 102 valence electrons. The Morgan fingerprint density at radius 2 is 2.21 bits per heavy atom. The van der Waals surface area contributed by atoms with Gasteiger partial charge in [-0.15, -0.1) is 0 Å². The Balaban J connectivity index is 1.68. The minimum absolute atomic E-state index is 0.721. The van der Waals surface area contributed by atoms with Crippen LogP contribution in [0.15, 0.2) is 16.7 Å². The Morgan fingerprint density at radius 1 is 1.42 bits per heavy atom. The van der Waals surface area contributed by atoms with E-state index in [-0.39, 0.29) is 0 Å².